The maximum atomic E-state index is 12.6. The third kappa shape index (κ3) is 3.44. The summed E-state index contributed by atoms with van der Waals surface area (Å²) in [5.41, 5.74) is 1.07. The summed E-state index contributed by atoms with van der Waals surface area (Å²) >= 11 is 1.33. The van der Waals surface area contributed by atoms with Crippen molar-refractivity contribution in [2.24, 2.45) is 0 Å². The number of benzene rings is 1. The first-order valence-corrected chi connectivity index (χ1v) is 8.63. The number of nitrogens with one attached hydrogen (secondary N) is 1. The number of hydrogen-bond acceptors (Lipinski definition) is 6. The first-order valence-electron chi connectivity index (χ1n) is 7.75. The fourth-order valence-electron chi connectivity index (χ4n) is 2.82. The van der Waals surface area contributed by atoms with Crippen LogP contribution in [0.4, 0.5) is 5.69 Å². The molecule has 1 N–H and O–H groups in total. The molecule has 1 saturated heterocycles. The van der Waals surface area contributed by atoms with E-state index in [4.69, 9.17) is 0 Å². The van der Waals surface area contributed by atoms with Crippen molar-refractivity contribution in [2.75, 3.05) is 20.1 Å². The topological polar surface area (TPSA) is 88.4 Å². The molecule has 0 bridgehead atoms. The van der Waals surface area contributed by atoms with Crippen LogP contribution in [-0.2, 0) is 0 Å². The molecule has 0 spiro atoms. The van der Waals surface area contributed by atoms with Gasteiger partial charge < -0.3 is 10.2 Å². The highest BCUT2D eigenvalue weighted by molar-refractivity contribution is 7.13. The van der Waals surface area contributed by atoms with Crippen molar-refractivity contribution in [3.63, 3.8) is 0 Å². The number of carbonyl (C=O) groups excluding carboxylic acids is 1. The van der Waals surface area contributed by atoms with E-state index in [-0.39, 0.29) is 11.6 Å². The van der Waals surface area contributed by atoms with E-state index in [0.29, 0.717) is 28.9 Å². The molecule has 8 heteroatoms. The minimum absolute atomic E-state index is 0.0171. The summed E-state index contributed by atoms with van der Waals surface area (Å²) in [6.07, 6.45) is 2.04. The smallest absolute Gasteiger partial charge is 0.273 e. The summed E-state index contributed by atoms with van der Waals surface area (Å²) in [7, 11) is 1.90. The lowest BCUT2D eigenvalue weighted by molar-refractivity contribution is -0.384. The molecule has 1 aromatic heterocycles. The van der Waals surface area contributed by atoms with Crippen LogP contribution < -0.4 is 5.32 Å². The molecule has 0 radical (unpaired) electrons. The van der Waals surface area contributed by atoms with Crippen LogP contribution in [0.15, 0.2) is 29.6 Å². The molecular weight excluding hydrogens is 328 g/mol. The third-order valence-electron chi connectivity index (χ3n) is 4.14. The van der Waals surface area contributed by atoms with Gasteiger partial charge in [0.25, 0.3) is 11.6 Å². The van der Waals surface area contributed by atoms with Crippen molar-refractivity contribution in [3.8, 4) is 10.6 Å². The van der Waals surface area contributed by atoms with E-state index >= 15 is 0 Å². The highest BCUT2D eigenvalue weighted by atomic mass is 32.1. The maximum Gasteiger partial charge on any atom is 0.273 e. The van der Waals surface area contributed by atoms with Crippen LogP contribution >= 0.6 is 11.3 Å². The molecule has 24 heavy (non-hydrogen) atoms. The summed E-state index contributed by atoms with van der Waals surface area (Å²) in [5, 5.41) is 16.4. The fraction of sp³-hybridized carbons (Fsp3) is 0.375. The van der Waals surface area contributed by atoms with Crippen LogP contribution in [0.2, 0.25) is 0 Å². The monoisotopic (exact) mass is 346 g/mol. The Morgan fingerprint density at radius 3 is 3.08 bits per heavy atom. The number of rotatable bonds is 4. The van der Waals surface area contributed by atoms with Crippen molar-refractivity contribution in [1.82, 2.24) is 15.2 Å². The quantitative estimate of drug-likeness (QED) is 0.679. The van der Waals surface area contributed by atoms with Crippen LogP contribution in [0.1, 0.15) is 23.3 Å². The van der Waals surface area contributed by atoms with Crippen molar-refractivity contribution in [1.29, 1.82) is 0 Å². The lowest BCUT2D eigenvalue weighted by Crippen LogP contribution is -2.47. The van der Waals surface area contributed by atoms with Gasteiger partial charge in [-0.1, -0.05) is 12.1 Å². The van der Waals surface area contributed by atoms with E-state index < -0.39 is 4.92 Å². The number of nitrogens with zero attached hydrogens (tertiary/aromatic N) is 3. The zero-order valence-electron chi connectivity index (χ0n) is 13.3. The Morgan fingerprint density at radius 2 is 2.33 bits per heavy atom. The lowest BCUT2D eigenvalue weighted by Gasteiger charge is -2.32. The molecule has 3 rings (SSSR count). The van der Waals surface area contributed by atoms with E-state index in [2.05, 4.69) is 10.3 Å². The van der Waals surface area contributed by atoms with Crippen LogP contribution in [0.3, 0.4) is 0 Å². The van der Waals surface area contributed by atoms with Gasteiger partial charge in [0, 0.05) is 42.2 Å². The van der Waals surface area contributed by atoms with Gasteiger partial charge in [-0.15, -0.1) is 11.3 Å². The van der Waals surface area contributed by atoms with Gasteiger partial charge >= 0.3 is 0 Å². The predicted molar refractivity (Wildman–Crippen MR) is 92.2 cm³/mol. The van der Waals surface area contributed by atoms with E-state index in [9.17, 15) is 14.9 Å². The molecule has 1 aliphatic rings. The molecule has 126 valence electrons. The van der Waals surface area contributed by atoms with Gasteiger partial charge in [-0.2, -0.15) is 0 Å². The highest BCUT2D eigenvalue weighted by Crippen LogP contribution is 2.27. The number of amides is 1. The number of thiazole rings is 1. The molecule has 1 fully saturated rings. The number of nitro groups is 1. The van der Waals surface area contributed by atoms with Gasteiger partial charge in [0.2, 0.25) is 0 Å². The number of piperidine rings is 1. The average molecular weight is 346 g/mol. The lowest BCUT2D eigenvalue weighted by atomic mass is 10.1. The first kappa shape index (κ1) is 16.5. The summed E-state index contributed by atoms with van der Waals surface area (Å²) in [6.45, 7) is 1.42. The summed E-state index contributed by atoms with van der Waals surface area (Å²) < 4.78 is 0. The van der Waals surface area contributed by atoms with Crippen molar-refractivity contribution < 1.29 is 9.72 Å². The maximum absolute atomic E-state index is 12.6. The molecule has 1 aromatic carbocycles. The van der Waals surface area contributed by atoms with E-state index in [0.717, 1.165) is 19.4 Å². The Kier molecular flexibility index (Phi) is 4.86. The van der Waals surface area contributed by atoms with Crippen LogP contribution in [0.25, 0.3) is 10.6 Å². The molecule has 1 amide bonds. The van der Waals surface area contributed by atoms with Gasteiger partial charge in [0.1, 0.15) is 10.7 Å². The fourth-order valence-corrected chi connectivity index (χ4v) is 3.61. The van der Waals surface area contributed by atoms with Crippen molar-refractivity contribution >= 4 is 22.9 Å². The molecule has 0 saturated carbocycles. The van der Waals surface area contributed by atoms with E-state index in [1.165, 1.54) is 23.5 Å². The standard InChI is InChI=1S/C16H18N4O3S/c1-17-12-5-3-7-19(9-12)16(21)14-10-24-15(18-14)11-4-2-6-13(8-11)20(22)23/h2,4,6,8,10,12,17H,3,5,7,9H2,1H3. The molecule has 1 aliphatic heterocycles. The molecule has 1 unspecified atom stereocenters. The first-order chi connectivity index (χ1) is 11.6. The minimum atomic E-state index is -0.436. The van der Waals surface area contributed by atoms with Gasteiger partial charge in [-0.3, -0.25) is 14.9 Å². The molecule has 1 atom stereocenters. The zero-order valence-corrected chi connectivity index (χ0v) is 14.1. The average Bonchev–Trinajstić information content (AvgIpc) is 3.11. The number of carbonyl (C=O) groups is 1. The molecule has 7 nitrogen and oxygen atoms in total. The number of likely N-dealkylation sites (tertiary alicyclic amines) is 1. The predicted octanol–water partition coefficient (Wildman–Crippen LogP) is 2.54. The summed E-state index contributed by atoms with van der Waals surface area (Å²) in [6, 6.07) is 6.62. The summed E-state index contributed by atoms with van der Waals surface area (Å²) in [5.74, 6) is -0.0807. The molecule has 0 aliphatic carbocycles. The van der Waals surface area contributed by atoms with Gasteiger partial charge in [-0.25, -0.2) is 4.98 Å². The van der Waals surface area contributed by atoms with Crippen LogP contribution in [-0.4, -0.2) is 46.9 Å². The largest absolute Gasteiger partial charge is 0.336 e. The second-order valence-corrected chi connectivity index (χ2v) is 6.58. The number of aromatic nitrogens is 1. The van der Waals surface area contributed by atoms with Crippen LogP contribution in [0.5, 0.6) is 0 Å². The Morgan fingerprint density at radius 1 is 1.50 bits per heavy atom. The summed E-state index contributed by atoms with van der Waals surface area (Å²) in [4.78, 5) is 29.3. The van der Waals surface area contributed by atoms with Crippen LogP contribution in [0, 0.1) is 10.1 Å². The molecular formula is C16H18N4O3S. The normalized spacial score (nSPS) is 17.7. The van der Waals surface area contributed by atoms with Crippen molar-refractivity contribution in [2.45, 2.75) is 18.9 Å². The van der Waals surface area contributed by atoms with Gasteiger partial charge in [0.15, 0.2) is 0 Å². The Hall–Kier alpha value is -2.32. The number of non-ortho nitro benzene ring substituents is 1. The SMILES string of the molecule is CNC1CCCN(C(=O)c2csc(-c3cccc([N+](=O)[O-])c3)n2)C1. The second-order valence-electron chi connectivity index (χ2n) is 5.72. The third-order valence-corrected chi connectivity index (χ3v) is 5.04. The minimum Gasteiger partial charge on any atom is -0.336 e. The van der Waals surface area contributed by atoms with Gasteiger partial charge in [0.05, 0.1) is 4.92 Å². The highest BCUT2D eigenvalue weighted by Gasteiger charge is 2.25. The Bertz CT molecular complexity index is 761. The number of hydrogen-bond donors (Lipinski definition) is 1. The second kappa shape index (κ2) is 7.06. The molecule has 2 aromatic rings. The Labute approximate surface area is 143 Å². The molecule has 2 heterocycles. The van der Waals surface area contributed by atoms with E-state index in [1.54, 1.807) is 17.5 Å². The number of likely N-dealkylation sites (N-methyl/N-ethyl adjacent to an activating group) is 1. The Balaban J connectivity index is 1.79. The zero-order chi connectivity index (χ0) is 17.1. The van der Waals surface area contributed by atoms with Crippen molar-refractivity contribution in [3.05, 3.63) is 45.5 Å². The van der Waals surface area contributed by atoms with E-state index in [1.807, 2.05) is 11.9 Å². The number of nitro benzene ring substituents is 1. The van der Waals surface area contributed by atoms with Gasteiger partial charge in [-0.05, 0) is 19.9 Å².